The van der Waals surface area contributed by atoms with E-state index < -0.39 is 0 Å². The number of benzene rings is 2. The van der Waals surface area contributed by atoms with E-state index in [2.05, 4.69) is 12.1 Å². The highest BCUT2D eigenvalue weighted by molar-refractivity contribution is 6.35. The highest BCUT2D eigenvalue weighted by Gasteiger charge is 2.31. The Hall–Kier alpha value is -1.51. The first kappa shape index (κ1) is 14.4. The Bertz CT molecular complexity index is 657. The second kappa shape index (κ2) is 6.08. The van der Waals surface area contributed by atoms with E-state index in [1.807, 2.05) is 23.1 Å². The predicted molar refractivity (Wildman–Crippen MR) is 85.9 cm³/mol. The summed E-state index contributed by atoms with van der Waals surface area (Å²) in [5.41, 5.74) is 1.65. The Morgan fingerprint density at radius 2 is 1.86 bits per heavy atom. The summed E-state index contributed by atoms with van der Waals surface area (Å²) in [5, 5.41) is 0.973. The molecule has 1 unspecified atom stereocenters. The van der Waals surface area contributed by atoms with Crippen molar-refractivity contribution < 1.29 is 4.79 Å². The van der Waals surface area contributed by atoms with Crippen molar-refractivity contribution >= 4 is 29.1 Å². The molecule has 2 aromatic carbocycles. The van der Waals surface area contributed by atoms with E-state index in [1.54, 1.807) is 18.2 Å². The van der Waals surface area contributed by atoms with Gasteiger partial charge in [0.1, 0.15) is 0 Å². The summed E-state index contributed by atoms with van der Waals surface area (Å²) in [6.07, 6.45) is 1.98. The van der Waals surface area contributed by atoms with Crippen LogP contribution in [0, 0.1) is 0 Å². The predicted octanol–water partition coefficient (Wildman–Crippen LogP) is 4.97. The lowest BCUT2D eigenvalue weighted by molar-refractivity contribution is 0.0736. The van der Waals surface area contributed by atoms with Crippen molar-refractivity contribution in [1.82, 2.24) is 4.90 Å². The molecule has 0 bridgehead atoms. The molecule has 0 N–H and O–H groups in total. The molecule has 1 atom stereocenters. The lowest BCUT2D eigenvalue weighted by Gasteiger charge is -2.25. The molecule has 2 nitrogen and oxygen atoms in total. The Kier molecular flexibility index (Phi) is 4.18. The third-order valence-corrected chi connectivity index (χ3v) is 4.42. The topological polar surface area (TPSA) is 20.3 Å². The van der Waals surface area contributed by atoms with Gasteiger partial charge in [-0.2, -0.15) is 0 Å². The third-order valence-electron chi connectivity index (χ3n) is 3.86. The first-order chi connectivity index (χ1) is 10.2. The monoisotopic (exact) mass is 319 g/mol. The van der Waals surface area contributed by atoms with Crippen LogP contribution >= 0.6 is 23.2 Å². The molecule has 1 aliphatic heterocycles. The normalized spacial score (nSPS) is 18.0. The molecule has 108 valence electrons. The first-order valence-corrected chi connectivity index (χ1v) is 7.73. The van der Waals surface area contributed by atoms with E-state index in [1.165, 1.54) is 5.56 Å². The molecule has 0 spiro atoms. The van der Waals surface area contributed by atoms with Gasteiger partial charge in [0, 0.05) is 11.6 Å². The molecule has 1 heterocycles. The number of carbonyl (C=O) groups is 1. The maximum Gasteiger partial charge on any atom is 0.255 e. The van der Waals surface area contributed by atoms with E-state index in [0.717, 1.165) is 19.4 Å². The van der Waals surface area contributed by atoms with E-state index >= 15 is 0 Å². The van der Waals surface area contributed by atoms with E-state index in [4.69, 9.17) is 23.2 Å². The zero-order valence-corrected chi connectivity index (χ0v) is 12.9. The number of hydrogen-bond acceptors (Lipinski definition) is 1. The zero-order valence-electron chi connectivity index (χ0n) is 11.4. The maximum absolute atomic E-state index is 12.8. The largest absolute Gasteiger partial charge is 0.332 e. The number of carbonyl (C=O) groups excluding carboxylic acids is 1. The highest BCUT2D eigenvalue weighted by atomic mass is 35.5. The Labute approximate surface area is 134 Å². The minimum atomic E-state index is -0.0474. The number of rotatable bonds is 2. The second-order valence-electron chi connectivity index (χ2n) is 5.19. The highest BCUT2D eigenvalue weighted by Crippen LogP contribution is 2.34. The van der Waals surface area contributed by atoms with Crippen molar-refractivity contribution in [3.8, 4) is 0 Å². The molecular formula is C17H15Cl2NO. The molecule has 1 amide bonds. The van der Waals surface area contributed by atoms with E-state index in [0.29, 0.717) is 15.6 Å². The smallest absolute Gasteiger partial charge is 0.255 e. The van der Waals surface area contributed by atoms with Gasteiger partial charge in [0.15, 0.2) is 0 Å². The molecule has 21 heavy (non-hydrogen) atoms. The standard InChI is InChI=1S/C17H15Cl2NO/c18-13-8-9-15(19)14(11-13)17(21)20-10-4-7-16(20)12-5-2-1-3-6-12/h1-3,5-6,8-9,11,16H,4,7,10H2. The quantitative estimate of drug-likeness (QED) is 0.765. The van der Waals surface area contributed by atoms with Gasteiger partial charge in [-0.15, -0.1) is 0 Å². The van der Waals surface area contributed by atoms with Crippen LogP contribution in [0.5, 0.6) is 0 Å². The first-order valence-electron chi connectivity index (χ1n) is 6.98. The molecule has 3 rings (SSSR count). The van der Waals surface area contributed by atoms with Crippen molar-refractivity contribution in [1.29, 1.82) is 0 Å². The summed E-state index contributed by atoms with van der Waals surface area (Å²) < 4.78 is 0. The molecule has 0 radical (unpaired) electrons. The molecular weight excluding hydrogens is 305 g/mol. The van der Waals surface area contributed by atoms with Crippen LogP contribution < -0.4 is 0 Å². The molecule has 0 aliphatic carbocycles. The van der Waals surface area contributed by atoms with Crippen molar-refractivity contribution in [3.05, 3.63) is 69.7 Å². The van der Waals surface area contributed by atoms with Gasteiger partial charge in [-0.25, -0.2) is 0 Å². The van der Waals surface area contributed by atoms with Crippen LogP contribution in [0.15, 0.2) is 48.5 Å². The SMILES string of the molecule is O=C(c1cc(Cl)ccc1Cl)N1CCCC1c1ccccc1. The lowest BCUT2D eigenvalue weighted by atomic mass is 10.0. The fraction of sp³-hybridized carbons (Fsp3) is 0.235. The molecule has 0 aromatic heterocycles. The van der Waals surface area contributed by atoms with Crippen molar-refractivity contribution in [2.45, 2.75) is 18.9 Å². The van der Waals surface area contributed by atoms with Gasteiger partial charge in [0.2, 0.25) is 0 Å². The number of halogens is 2. The maximum atomic E-state index is 12.8. The number of amides is 1. The summed E-state index contributed by atoms with van der Waals surface area (Å²) in [4.78, 5) is 14.7. The molecule has 1 fully saturated rings. The lowest BCUT2D eigenvalue weighted by Crippen LogP contribution is -2.30. The average molecular weight is 320 g/mol. The summed E-state index contributed by atoms with van der Waals surface area (Å²) >= 11 is 12.1. The number of likely N-dealkylation sites (tertiary alicyclic amines) is 1. The van der Waals surface area contributed by atoms with Gasteiger partial charge in [-0.1, -0.05) is 53.5 Å². The number of hydrogen-bond donors (Lipinski definition) is 0. The van der Waals surface area contributed by atoms with Gasteiger partial charge in [-0.3, -0.25) is 4.79 Å². The van der Waals surface area contributed by atoms with Gasteiger partial charge in [0.25, 0.3) is 5.91 Å². The van der Waals surface area contributed by atoms with Crippen LogP contribution in [0.4, 0.5) is 0 Å². The van der Waals surface area contributed by atoms with Crippen LogP contribution in [0.1, 0.15) is 34.8 Å². The van der Waals surface area contributed by atoms with Crippen molar-refractivity contribution in [2.24, 2.45) is 0 Å². The van der Waals surface area contributed by atoms with Crippen LogP contribution in [0.2, 0.25) is 10.0 Å². The Morgan fingerprint density at radius 1 is 1.10 bits per heavy atom. The summed E-state index contributed by atoms with van der Waals surface area (Å²) in [6, 6.07) is 15.3. The molecule has 0 saturated carbocycles. The van der Waals surface area contributed by atoms with Gasteiger partial charge >= 0.3 is 0 Å². The van der Waals surface area contributed by atoms with Crippen LogP contribution in [-0.2, 0) is 0 Å². The van der Waals surface area contributed by atoms with Crippen molar-refractivity contribution in [3.63, 3.8) is 0 Å². The fourth-order valence-electron chi connectivity index (χ4n) is 2.85. The molecule has 2 aromatic rings. The summed E-state index contributed by atoms with van der Waals surface area (Å²) in [5.74, 6) is -0.0474. The molecule has 1 aliphatic rings. The molecule has 4 heteroatoms. The van der Waals surface area contributed by atoms with E-state index in [9.17, 15) is 4.79 Å². The Balaban J connectivity index is 1.92. The average Bonchev–Trinajstić information content (AvgIpc) is 2.99. The van der Waals surface area contributed by atoms with Gasteiger partial charge in [0.05, 0.1) is 16.6 Å². The summed E-state index contributed by atoms with van der Waals surface area (Å²) in [6.45, 7) is 0.751. The van der Waals surface area contributed by atoms with Crippen molar-refractivity contribution in [2.75, 3.05) is 6.54 Å². The van der Waals surface area contributed by atoms with Gasteiger partial charge in [-0.05, 0) is 36.6 Å². The number of nitrogens with zero attached hydrogens (tertiary/aromatic N) is 1. The van der Waals surface area contributed by atoms with Gasteiger partial charge < -0.3 is 4.90 Å². The van der Waals surface area contributed by atoms with Crippen LogP contribution in [0.25, 0.3) is 0 Å². The van der Waals surface area contributed by atoms with Crippen LogP contribution in [0.3, 0.4) is 0 Å². The van der Waals surface area contributed by atoms with Crippen LogP contribution in [-0.4, -0.2) is 17.4 Å². The Morgan fingerprint density at radius 3 is 2.62 bits per heavy atom. The minimum absolute atomic E-state index is 0.0474. The summed E-state index contributed by atoms with van der Waals surface area (Å²) in [7, 11) is 0. The van der Waals surface area contributed by atoms with E-state index in [-0.39, 0.29) is 11.9 Å². The third kappa shape index (κ3) is 2.92. The molecule has 1 saturated heterocycles. The fourth-order valence-corrected chi connectivity index (χ4v) is 3.22. The minimum Gasteiger partial charge on any atom is -0.332 e. The zero-order chi connectivity index (χ0) is 14.8. The second-order valence-corrected chi connectivity index (χ2v) is 6.04.